The van der Waals surface area contributed by atoms with Crippen LogP contribution in [0.3, 0.4) is 0 Å². The molecule has 0 atom stereocenters. The van der Waals surface area contributed by atoms with Gasteiger partial charge in [-0.1, -0.05) is 30.3 Å². The maximum Gasteiger partial charge on any atom is 1.00 e. The molecule has 0 bridgehead atoms. The topological polar surface area (TPSA) is 35.8 Å². The Kier molecular flexibility index (Phi) is 7.92. The molecule has 0 fully saturated rings. The molecule has 2 nitrogen and oxygen atoms in total. The van der Waals surface area contributed by atoms with Crippen LogP contribution in [0.4, 0.5) is 0 Å². The summed E-state index contributed by atoms with van der Waals surface area (Å²) in [5.74, 6) is 0. The summed E-state index contributed by atoms with van der Waals surface area (Å²) in [7, 11) is 0. The van der Waals surface area contributed by atoms with E-state index in [9.17, 15) is 0 Å². The SMILES string of the molecule is N#CCCCNCc1ccccc1.[Cl-].[H+]. The Morgan fingerprint density at radius 3 is 2.64 bits per heavy atom. The fourth-order valence-corrected chi connectivity index (χ4v) is 1.12. The van der Waals surface area contributed by atoms with Gasteiger partial charge in [-0.25, -0.2) is 0 Å². The van der Waals surface area contributed by atoms with Gasteiger partial charge in [-0.2, -0.15) is 5.26 Å². The molecule has 76 valence electrons. The smallest absolute Gasteiger partial charge is 1.00 e. The number of rotatable bonds is 5. The molecule has 0 aromatic heterocycles. The van der Waals surface area contributed by atoms with Crippen molar-refractivity contribution in [2.24, 2.45) is 0 Å². The molecule has 0 radical (unpaired) electrons. The van der Waals surface area contributed by atoms with Gasteiger partial charge in [0.15, 0.2) is 0 Å². The number of unbranched alkanes of at least 4 members (excludes halogenated alkanes) is 1. The van der Waals surface area contributed by atoms with Crippen molar-refractivity contribution in [2.45, 2.75) is 19.4 Å². The summed E-state index contributed by atoms with van der Waals surface area (Å²) in [6.45, 7) is 1.81. The second-order valence-electron chi connectivity index (χ2n) is 2.92. The van der Waals surface area contributed by atoms with Crippen molar-refractivity contribution in [3.63, 3.8) is 0 Å². The van der Waals surface area contributed by atoms with Crippen molar-refractivity contribution in [1.29, 1.82) is 5.26 Å². The Hall–Kier alpha value is -1.04. The third-order valence-electron chi connectivity index (χ3n) is 1.81. The van der Waals surface area contributed by atoms with E-state index in [2.05, 4.69) is 23.5 Å². The second-order valence-corrected chi connectivity index (χ2v) is 2.92. The van der Waals surface area contributed by atoms with Crippen LogP contribution < -0.4 is 17.7 Å². The van der Waals surface area contributed by atoms with E-state index in [-0.39, 0.29) is 13.8 Å². The van der Waals surface area contributed by atoms with Crippen LogP contribution >= 0.6 is 0 Å². The van der Waals surface area contributed by atoms with Crippen molar-refractivity contribution in [3.05, 3.63) is 35.9 Å². The standard InChI is InChI=1S/C11H14N2.ClH/c12-8-4-5-9-13-10-11-6-2-1-3-7-11;/h1-3,6-7,13H,4-5,9-10H2;1H. The molecule has 0 aliphatic heterocycles. The van der Waals surface area contributed by atoms with Gasteiger partial charge in [0.25, 0.3) is 0 Å². The fourth-order valence-electron chi connectivity index (χ4n) is 1.12. The fraction of sp³-hybridized carbons (Fsp3) is 0.364. The van der Waals surface area contributed by atoms with E-state index in [1.54, 1.807) is 0 Å². The highest BCUT2D eigenvalue weighted by atomic mass is 35.5. The summed E-state index contributed by atoms with van der Waals surface area (Å²) < 4.78 is 0. The molecular weight excluding hydrogens is 196 g/mol. The lowest BCUT2D eigenvalue weighted by molar-refractivity contribution is -0.00000298. The highest BCUT2D eigenvalue weighted by molar-refractivity contribution is 5.14. The molecule has 0 heterocycles. The molecule has 0 amide bonds. The largest absolute Gasteiger partial charge is 1.00 e. The molecule has 0 aliphatic rings. The minimum atomic E-state index is 0. The van der Waals surface area contributed by atoms with Crippen molar-refractivity contribution in [1.82, 2.24) is 5.32 Å². The minimum absolute atomic E-state index is 0. The molecule has 0 unspecified atom stereocenters. The first-order valence-corrected chi connectivity index (χ1v) is 4.55. The van der Waals surface area contributed by atoms with Crippen LogP contribution in [0.2, 0.25) is 0 Å². The van der Waals surface area contributed by atoms with Crippen LogP contribution in [-0.2, 0) is 6.54 Å². The van der Waals surface area contributed by atoms with E-state index >= 15 is 0 Å². The van der Waals surface area contributed by atoms with Crippen LogP contribution in [0, 0.1) is 11.3 Å². The van der Waals surface area contributed by atoms with E-state index in [1.165, 1.54) is 5.56 Å². The molecular formula is C11H15ClN2. The van der Waals surface area contributed by atoms with Crippen LogP contribution in [0.5, 0.6) is 0 Å². The van der Waals surface area contributed by atoms with Gasteiger partial charge in [-0.05, 0) is 18.5 Å². The number of hydrogen-bond acceptors (Lipinski definition) is 2. The van der Waals surface area contributed by atoms with E-state index in [0.717, 1.165) is 19.5 Å². The third-order valence-corrected chi connectivity index (χ3v) is 1.81. The average Bonchev–Trinajstić information content (AvgIpc) is 2.19. The molecule has 0 saturated carbocycles. The Morgan fingerprint density at radius 1 is 1.29 bits per heavy atom. The lowest BCUT2D eigenvalue weighted by atomic mass is 10.2. The zero-order valence-corrected chi connectivity index (χ0v) is 8.80. The monoisotopic (exact) mass is 210 g/mol. The summed E-state index contributed by atoms with van der Waals surface area (Å²) >= 11 is 0. The van der Waals surface area contributed by atoms with Gasteiger partial charge < -0.3 is 17.7 Å². The first-order valence-electron chi connectivity index (χ1n) is 4.55. The van der Waals surface area contributed by atoms with Crippen molar-refractivity contribution in [3.8, 4) is 6.07 Å². The van der Waals surface area contributed by atoms with Gasteiger partial charge in [0.2, 0.25) is 0 Å². The van der Waals surface area contributed by atoms with Gasteiger partial charge in [0.05, 0.1) is 6.07 Å². The molecule has 1 rings (SSSR count). The highest BCUT2D eigenvalue weighted by Gasteiger charge is 1.89. The maximum atomic E-state index is 8.30. The van der Waals surface area contributed by atoms with Crippen molar-refractivity contribution >= 4 is 0 Å². The van der Waals surface area contributed by atoms with Gasteiger partial charge in [0, 0.05) is 13.0 Å². The molecule has 3 heteroatoms. The minimum Gasteiger partial charge on any atom is -1.00 e. The molecule has 1 aromatic carbocycles. The van der Waals surface area contributed by atoms with E-state index in [1.807, 2.05) is 18.2 Å². The lowest BCUT2D eigenvalue weighted by Gasteiger charge is -2.02. The molecule has 0 saturated heterocycles. The molecule has 14 heavy (non-hydrogen) atoms. The predicted molar refractivity (Wildman–Crippen MR) is 54.1 cm³/mol. The zero-order valence-electron chi connectivity index (χ0n) is 9.04. The predicted octanol–water partition coefficient (Wildman–Crippen LogP) is -0.804. The van der Waals surface area contributed by atoms with Crippen molar-refractivity contribution < 1.29 is 13.8 Å². The number of nitriles is 1. The van der Waals surface area contributed by atoms with Gasteiger partial charge in [0.1, 0.15) is 0 Å². The summed E-state index contributed by atoms with van der Waals surface area (Å²) in [4.78, 5) is 0. The normalized spacial score (nSPS) is 8.79. The Labute approximate surface area is 92.8 Å². The van der Waals surface area contributed by atoms with Crippen molar-refractivity contribution in [2.75, 3.05) is 6.54 Å². The first kappa shape index (κ1) is 13.0. The highest BCUT2D eigenvalue weighted by Crippen LogP contribution is 1.97. The molecule has 0 spiro atoms. The zero-order chi connectivity index (χ0) is 9.36. The van der Waals surface area contributed by atoms with Gasteiger partial charge in [-0.15, -0.1) is 0 Å². The van der Waals surface area contributed by atoms with Gasteiger partial charge >= 0.3 is 1.43 Å². The number of nitrogens with zero attached hydrogens (tertiary/aromatic N) is 1. The van der Waals surface area contributed by atoms with E-state index < -0.39 is 0 Å². The number of benzene rings is 1. The van der Waals surface area contributed by atoms with Crippen LogP contribution in [0.15, 0.2) is 30.3 Å². The molecule has 0 aliphatic carbocycles. The summed E-state index contributed by atoms with van der Waals surface area (Å²) in [6, 6.07) is 12.4. The quantitative estimate of drug-likeness (QED) is 0.646. The van der Waals surface area contributed by atoms with Crippen LogP contribution in [-0.4, -0.2) is 6.54 Å². The maximum absolute atomic E-state index is 8.30. The third kappa shape index (κ3) is 5.58. The lowest BCUT2D eigenvalue weighted by Crippen LogP contribution is -3.00. The van der Waals surface area contributed by atoms with E-state index in [4.69, 9.17) is 5.26 Å². The Morgan fingerprint density at radius 2 is 2.00 bits per heavy atom. The molecule has 1 aromatic rings. The summed E-state index contributed by atoms with van der Waals surface area (Å²) in [6.07, 6.45) is 1.57. The summed E-state index contributed by atoms with van der Waals surface area (Å²) in [5, 5.41) is 11.6. The average molecular weight is 211 g/mol. The second kappa shape index (κ2) is 8.55. The summed E-state index contributed by atoms with van der Waals surface area (Å²) in [5.41, 5.74) is 1.29. The first-order chi connectivity index (χ1) is 6.43. The van der Waals surface area contributed by atoms with Gasteiger partial charge in [-0.3, -0.25) is 0 Å². The number of hydrogen-bond donors (Lipinski definition) is 1. The number of halogens is 1. The van der Waals surface area contributed by atoms with E-state index in [0.29, 0.717) is 6.42 Å². The van der Waals surface area contributed by atoms with Crippen LogP contribution in [0.25, 0.3) is 0 Å². The number of nitrogens with one attached hydrogen (secondary N) is 1. The van der Waals surface area contributed by atoms with Crippen LogP contribution in [0.1, 0.15) is 19.8 Å². The Bertz CT molecular complexity index is 272. The molecule has 1 N–H and O–H groups in total. The Balaban J connectivity index is 0.